The van der Waals surface area contributed by atoms with Crippen molar-refractivity contribution in [3.63, 3.8) is 0 Å². The first-order valence-electron chi connectivity index (χ1n) is 10.6. The molecular weight excluding hydrogens is 472 g/mol. The van der Waals surface area contributed by atoms with Gasteiger partial charge in [-0.25, -0.2) is 0 Å². The van der Waals surface area contributed by atoms with Crippen LogP contribution in [0.25, 0.3) is 0 Å². The summed E-state index contributed by atoms with van der Waals surface area (Å²) in [5.74, 6) is 0. The molecule has 0 aromatic heterocycles. The van der Waals surface area contributed by atoms with Crippen molar-refractivity contribution in [1.82, 2.24) is 0 Å². The van der Waals surface area contributed by atoms with Gasteiger partial charge in [0, 0.05) is 0 Å². The third-order valence-electron chi connectivity index (χ3n) is 6.09. The summed E-state index contributed by atoms with van der Waals surface area (Å²) in [7, 11) is 0. The molecule has 0 bridgehead atoms. The summed E-state index contributed by atoms with van der Waals surface area (Å²) >= 11 is 0. The molecule has 3 aliphatic heterocycles. The molecule has 3 saturated heterocycles. The zero-order chi connectivity index (χ0) is 25.3. The van der Waals surface area contributed by atoms with Gasteiger partial charge >= 0.3 is 0 Å². The summed E-state index contributed by atoms with van der Waals surface area (Å²) in [6.07, 6.45) is -25.1. The lowest BCUT2D eigenvalue weighted by Gasteiger charge is -2.47. The summed E-state index contributed by atoms with van der Waals surface area (Å²) in [6, 6.07) is 0. The molecule has 6 unspecified atom stereocenters. The molecule has 0 radical (unpaired) electrons. The zero-order valence-electron chi connectivity index (χ0n) is 17.7. The quantitative estimate of drug-likeness (QED) is 0.154. The fourth-order valence-corrected chi connectivity index (χ4v) is 4.06. The minimum absolute atomic E-state index is 0.741. The summed E-state index contributed by atoms with van der Waals surface area (Å²) in [5.41, 5.74) is 0. The molecule has 3 rings (SSSR count). The molecule has 16 nitrogen and oxygen atoms in total. The molecule has 0 spiro atoms. The lowest BCUT2D eigenvalue weighted by atomic mass is 9.96. The molecule has 3 aliphatic rings. The summed E-state index contributed by atoms with van der Waals surface area (Å²) in [5, 5.41) is 109. The van der Waals surface area contributed by atoms with Crippen molar-refractivity contribution >= 4 is 0 Å². The Morgan fingerprint density at radius 3 is 1.35 bits per heavy atom. The van der Waals surface area contributed by atoms with Crippen molar-refractivity contribution in [2.45, 2.75) is 92.1 Å². The Balaban J connectivity index is 1.72. The van der Waals surface area contributed by atoms with Crippen LogP contribution in [0.1, 0.15) is 0 Å². The SMILES string of the molecule is OCC1O[C@@H](O[C@H]2C(CO)O[C@H](O[C@H]3C(CO)O[C@H](O)C(O)[C@@H]3O)C(O)[C@@H]2O)C(O)[C@H](O)[C@@H]1O. The Kier molecular flexibility index (Phi) is 9.54. The first-order chi connectivity index (χ1) is 16.0. The van der Waals surface area contributed by atoms with Gasteiger partial charge in [0.25, 0.3) is 0 Å². The number of ether oxygens (including phenoxy) is 5. The fourth-order valence-electron chi connectivity index (χ4n) is 4.06. The Hall–Kier alpha value is -0.640. The highest BCUT2D eigenvalue weighted by atomic mass is 16.8. The molecule has 200 valence electrons. The van der Waals surface area contributed by atoms with Gasteiger partial charge in [-0.2, -0.15) is 0 Å². The molecule has 0 amide bonds. The molecule has 3 fully saturated rings. The maximum atomic E-state index is 10.6. The van der Waals surface area contributed by atoms with Gasteiger partial charge in [0.05, 0.1) is 19.8 Å². The maximum Gasteiger partial charge on any atom is 0.187 e. The number of rotatable bonds is 7. The van der Waals surface area contributed by atoms with E-state index in [1.165, 1.54) is 0 Å². The van der Waals surface area contributed by atoms with Gasteiger partial charge < -0.3 is 79.9 Å². The molecule has 16 heteroatoms. The van der Waals surface area contributed by atoms with Gasteiger partial charge in [0.2, 0.25) is 0 Å². The van der Waals surface area contributed by atoms with Crippen molar-refractivity contribution in [1.29, 1.82) is 0 Å². The van der Waals surface area contributed by atoms with Gasteiger partial charge in [-0.05, 0) is 0 Å². The topological polar surface area (TPSA) is 269 Å². The molecule has 0 aromatic rings. The van der Waals surface area contributed by atoms with Crippen LogP contribution in [0.4, 0.5) is 0 Å². The van der Waals surface area contributed by atoms with Crippen LogP contribution >= 0.6 is 0 Å². The predicted octanol–water partition coefficient (Wildman–Crippen LogP) is -7.57. The van der Waals surface area contributed by atoms with Crippen molar-refractivity contribution < 1.29 is 79.9 Å². The van der Waals surface area contributed by atoms with Gasteiger partial charge in [-0.1, -0.05) is 0 Å². The Morgan fingerprint density at radius 1 is 0.441 bits per heavy atom. The Morgan fingerprint density at radius 2 is 0.853 bits per heavy atom. The second-order valence-electron chi connectivity index (χ2n) is 8.33. The van der Waals surface area contributed by atoms with E-state index in [0.717, 1.165) is 0 Å². The van der Waals surface area contributed by atoms with Crippen LogP contribution in [0, 0.1) is 0 Å². The van der Waals surface area contributed by atoms with E-state index >= 15 is 0 Å². The van der Waals surface area contributed by atoms with E-state index < -0.39 is 112 Å². The lowest BCUT2D eigenvalue weighted by molar-refractivity contribution is -0.377. The van der Waals surface area contributed by atoms with E-state index in [-0.39, 0.29) is 0 Å². The molecule has 0 aromatic carbocycles. The summed E-state index contributed by atoms with van der Waals surface area (Å²) in [4.78, 5) is 0. The van der Waals surface area contributed by atoms with Crippen LogP contribution in [0.5, 0.6) is 0 Å². The van der Waals surface area contributed by atoms with Crippen molar-refractivity contribution in [2.75, 3.05) is 19.8 Å². The van der Waals surface area contributed by atoms with Gasteiger partial charge in [-0.15, -0.1) is 0 Å². The van der Waals surface area contributed by atoms with Crippen LogP contribution in [0.3, 0.4) is 0 Å². The van der Waals surface area contributed by atoms with E-state index in [0.29, 0.717) is 0 Å². The standard InChI is InChI=1S/C18H32O16/c19-1-4-7(22)8(23)12(27)17(31-4)34-15-6(3-21)32-18(13(28)10(15)25)33-14-5(2-20)30-16(29)11(26)9(14)24/h4-29H,1-3H2/t4?,5?,6?,7-,8-,9+,10+,11?,12?,13?,14+,15+,16+,17+,18-/m1/s1. The highest BCUT2D eigenvalue weighted by Gasteiger charge is 2.53. The minimum atomic E-state index is -1.91. The summed E-state index contributed by atoms with van der Waals surface area (Å²) in [6.45, 7) is -2.32. The third-order valence-corrected chi connectivity index (χ3v) is 6.09. The third kappa shape index (κ3) is 5.37. The number of aliphatic hydroxyl groups excluding tert-OH is 11. The molecule has 15 atom stereocenters. The van der Waals surface area contributed by atoms with Crippen molar-refractivity contribution in [2.24, 2.45) is 0 Å². The highest BCUT2D eigenvalue weighted by Crippen LogP contribution is 2.32. The van der Waals surface area contributed by atoms with Gasteiger partial charge in [-0.3, -0.25) is 0 Å². The lowest BCUT2D eigenvalue weighted by Crippen LogP contribution is -2.66. The van der Waals surface area contributed by atoms with Crippen LogP contribution in [0.2, 0.25) is 0 Å². The van der Waals surface area contributed by atoms with E-state index in [4.69, 9.17) is 23.7 Å². The average molecular weight is 504 g/mol. The fraction of sp³-hybridized carbons (Fsp3) is 1.00. The van der Waals surface area contributed by atoms with E-state index in [1.807, 2.05) is 0 Å². The molecular formula is C18H32O16. The molecule has 0 aliphatic carbocycles. The maximum absolute atomic E-state index is 10.6. The van der Waals surface area contributed by atoms with E-state index in [9.17, 15) is 56.2 Å². The molecule has 3 heterocycles. The molecule has 11 N–H and O–H groups in total. The Bertz CT molecular complexity index is 635. The number of hydrogen-bond acceptors (Lipinski definition) is 16. The van der Waals surface area contributed by atoms with E-state index in [2.05, 4.69) is 0 Å². The molecule has 0 saturated carbocycles. The number of aliphatic hydroxyl groups is 11. The first kappa shape index (κ1) is 27.9. The van der Waals surface area contributed by atoms with E-state index in [1.54, 1.807) is 0 Å². The predicted molar refractivity (Wildman–Crippen MR) is 101 cm³/mol. The number of hydrogen-bond donors (Lipinski definition) is 11. The van der Waals surface area contributed by atoms with Crippen molar-refractivity contribution in [3.8, 4) is 0 Å². The first-order valence-corrected chi connectivity index (χ1v) is 10.6. The van der Waals surface area contributed by atoms with Crippen LogP contribution in [-0.4, -0.2) is 168 Å². The average Bonchev–Trinajstić information content (AvgIpc) is 2.83. The normalized spacial score (nSPS) is 52.5. The smallest absolute Gasteiger partial charge is 0.187 e. The van der Waals surface area contributed by atoms with Crippen LogP contribution in [-0.2, 0) is 23.7 Å². The molecule has 34 heavy (non-hydrogen) atoms. The van der Waals surface area contributed by atoms with Crippen molar-refractivity contribution in [3.05, 3.63) is 0 Å². The second-order valence-corrected chi connectivity index (χ2v) is 8.33. The zero-order valence-corrected chi connectivity index (χ0v) is 17.7. The monoisotopic (exact) mass is 504 g/mol. The second kappa shape index (κ2) is 11.6. The minimum Gasteiger partial charge on any atom is -0.394 e. The summed E-state index contributed by atoms with van der Waals surface area (Å²) < 4.78 is 26.4. The van der Waals surface area contributed by atoms with Gasteiger partial charge in [0.1, 0.15) is 73.2 Å². The largest absolute Gasteiger partial charge is 0.394 e. The van der Waals surface area contributed by atoms with Crippen LogP contribution < -0.4 is 0 Å². The highest BCUT2D eigenvalue weighted by molar-refractivity contribution is 4.96. The van der Waals surface area contributed by atoms with Gasteiger partial charge in [0.15, 0.2) is 18.9 Å². The Labute approximate surface area is 192 Å². The van der Waals surface area contributed by atoms with Crippen LogP contribution in [0.15, 0.2) is 0 Å².